The van der Waals surface area contributed by atoms with E-state index >= 15 is 0 Å². The summed E-state index contributed by atoms with van der Waals surface area (Å²) in [5, 5.41) is 0. The average Bonchev–Trinajstić information content (AvgIpc) is 3.33. The van der Waals surface area contributed by atoms with Gasteiger partial charge in [-0.25, -0.2) is 4.39 Å². The maximum absolute atomic E-state index is 13.4. The fourth-order valence-corrected chi connectivity index (χ4v) is 4.40. The van der Waals surface area contributed by atoms with Crippen molar-refractivity contribution in [3.8, 4) is 5.75 Å². The second kappa shape index (κ2) is 9.94. The van der Waals surface area contributed by atoms with Crippen LogP contribution < -0.4 is 4.74 Å². The third kappa shape index (κ3) is 5.63. The van der Waals surface area contributed by atoms with Gasteiger partial charge in [-0.2, -0.15) is 0 Å². The molecule has 1 unspecified atom stereocenters. The number of hydrogen-bond acceptors (Lipinski definition) is 3. The van der Waals surface area contributed by atoms with Gasteiger partial charge >= 0.3 is 0 Å². The van der Waals surface area contributed by atoms with E-state index in [1.807, 2.05) is 34.1 Å². The Hall–Kier alpha value is -2.89. The van der Waals surface area contributed by atoms with Crippen molar-refractivity contribution < 1.29 is 18.7 Å². The lowest BCUT2D eigenvalue weighted by atomic mass is 9.98. The van der Waals surface area contributed by atoms with Crippen molar-refractivity contribution in [1.29, 1.82) is 0 Å². The number of likely N-dealkylation sites (tertiary alicyclic amines) is 2. The minimum atomic E-state index is -0.319. The smallest absolute Gasteiger partial charge is 0.253 e. The number of nitrogens with zero attached hydrogens (tertiary/aromatic N) is 2. The summed E-state index contributed by atoms with van der Waals surface area (Å²) in [5.41, 5.74) is 1.36. The summed E-state index contributed by atoms with van der Waals surface area (Å²) >= 11 is 0. The monoisotopic (exact) mass is 424 g/mol. The van der Waals surface area contributed by atoms with Crippen molar-refractivity contribution >= 4 is 11.8 Å². The first-order chi connectivity index (χ1) is 15.1. The molecule has 2 amide bonds. The van der Waals surface area contributed by atoms with Crippen LogP contribution in [0.1, 0.15) is 41.6 Å². The molecule has 2 aromatic carbocycles. The number of halogens is 1. The average molecular weight is 425 g/mol. The first-order valence-electron chi connectivity index (χ1n) is 11.1. The molecule has 2 aliphatic rings. The predicted molar refractivity (Wildman–Crippen MR) is 116 cm³/mol. The molecule has 0 bridgehead atoms. The highest BCUT2D eigenvalue weighted by Crippen LogP contribution is 2.22. The van der Waals surface area contributed by atoms with Crippen LogP contribution in [0.15, 0.2) is 48.5 Å². The topological polar surface area (TPSA) is 49.9 Å². The molecule has 1 atom stereocenters. The molecule has 6 heteroatoms. The van der Waals surface area contributed by atoms with Gasteiger partial charge in [-0.1, -0.05) is 18.2 Å². The molecule has 164 valence electrons. The van der Waals surface area contributed by atoms with Crippen molar-refractivity contribution in [1.82, 2.24) is 9.80 Å². The normalized spacial score (nSPS) is 18.8. The highest BCUT2D eigenvalue weighted by Gasteiger charge is 2.25. The van der Waals surface area contributed by atoms with Gasteiger partial charge in [0.25, 0.3) is 5.91 Å². The van der Waals surface area contributed by atoms with Gasteiger partial charge in [0.05, 0.1) is 13.0 Å². The Morgan fingerprint density at radius 1 is 0.968 bits per heavy atom. The summed E-state index contributed by atoms with van der Waals surface area (Å²) in [4.78, 5) is 29.0. The van der Waals surface area contributed by atoms with E-state index in [1.165, 1.54) is 12.1 Å². The van der Waals surface area contributed by atoms with Crippen molar-refractivity contribution in [3.63, 3.8) is 0 Å². The van der Waals surface area contributed by atoms with Crippen LogP contribution in [-0.4, -0.2) is 54.4 Å². The van der Waals surface area contributed by atoms with Gasteiger partial charge < -0.3 is 14.5 Å². The van der Waals surface area contributed by atoms with E-state index in [4.69, 9.17) is 4.74 Å². The Morgan fingerprint density at radius 3 is 2.55 bits per heavy atom. The molecular formula is C25H29FN2O3. The Morgan fingerprint density at radius 2 is 1.74 bits per heavy atom. The number of ether oxygens (including phenoxy) is 1. The lowest BCUT2D eigenvalue weighted by Crippen LogP contribution is -2.42. The molecule has 4 rings (SSSR count). The number of amides is 2. The molecule has 0 saturated carbocycles. The molecule has 2 fully saturated rings. The van der Waals surface area contributed by atoms with Gasteiger partial charge in [-0.15, -0.1) is 0 Å². The molecule has 2 heterocycles. The van der Waals surface area contributed by atoms with Crippen LogP contribution >= 0.6 is 0 Å². The standard InChI is InChI=1S/C25H29FN2O3/c26-22-9-3-6-19(14-22)15-24(29)28-13-5-7-20(17-28)18-31-23-10-4-8-21(16-23)25(30)27-11-1-2-12-27/h3-4,6,8-10,14,16,20H,1-2,5,7,11-13,15,17-18H2. The largest absolute Gasteiger partial charge is 0.493 e. The van der Waals surface area contributed by atoms with Crippen molar-refractivity contribution in [2.75, 3.05) is 32.8 Å². The quantitative estimate of drug-likeness (QED) is 0.706. The van der Waals surface area contributed by atoms with Crippen LogP contribution in [0, 0.1) is 11.7 Å². The highest BCUT2D eigenvalue weighted by atomic mass is 19.1. The number of hydrogen-bond donors (Lipinski definition) is 0. The van der Waals surface area contributed by atoms with Gasteiger partial charge in [-0.05, 0) is 61.6 Å². The van der Waals surface area contributed by atoms with E-state index in [2.05, 4.69) is 0 Å². The van der Waals surface area contributed by atoms with Gasteiger partial charge in [0, 0.05) is 37.7 Å². The number of carbonyl (C=O) groups is 2. The minimum absolute atomic E-state index is 0.0218. The van der Waals surface area contributed by atoms with Crippen molar-refractivity contribution in [2.45, 2.75) is 32.1 Å². The Balaban J connectivity index is 1.30. The zero-order valence-corrected chi connectivity index (χ0v) is 17.8. The first-order valence-corrected chi connectivity index (χ1v) is 11.1. The van der Waals surface area contributed by atoms with Crippen LogP contribution in [0.2, 0.25) is 0 Å². The maximum Gasteiger partial charge on any atom is 0.253 e. The molecule has 0 radical (unpaired) electrons. The fraction of sp³-hybridized carbons (Fsp3) is 0.440. The maximum atomic E-state index is 13.4. The summed E-state index contributed by atoms with van der Waals surface area (Å²) in [5.74, 6) is 0.695. The molecule has 31 heavy (non-hydrogen) atoms. The molecule has 0 aromatic heterocycles. The van der Waals surface area contributed by atoms with E-state index in [0.29, 0.717) is 30.0 Å². The summed E-state index contributed by atoms with van der Waals surface area (Å²) in [6, 6.07) is 13.6. The van der Waals surface area contributed by atoms with Gasteiger partial charge in [0.2, 0.25) is 5.91 Å². The number of carbonyl (C=O) groups excluding carboxylic acids is 2. The van der Waals surface area contributed by atoms with Crippen molar-refractivity contribution in [3.05, 3.63) is 65.5 Å². The summed E-state index contributed by atoms with van der Waals surface area (Å²) in [6.45, 7) is 3.52. The van der Waals surface area contributed by atoms with E-state index in [1.54, 1.807) is 12.1 Å². The summed E-state index contributed by atoms with van der Waals surface area (Å²) in [6.07, 6.45) is 4.27. The molecule has 5 nitrogen and oxygen atoms in total. The van der Waals surface area contributed by atoms with E-state index in [9.17, 15) is 14.0 Å². The van der Waals surface area contributed by atoms with Crippen LogP contribution in [0.3, 0.4) is 0 Å². The predicted octanol–water partition coefficient (Wildman–Crippen LogP) is 3.92. The van der Waals surface area contributed by atoms with Crippen LogP contribution in [0.4, 0.5) is 4.39 Å². The second-order valence-corrected chi connectivity index (χ2v) is 8.49. The lowest BCUT2D eigenvalue weighted by Gasteiger charge is -2.32. The molecule has 2 aromatic rings. The number of benzene rings is 2. The van der Waals surface area contributed by atoms with Gasteiger partial charge in [-0.3, -0.25) is 9.59 Å². The SMILES string of the molecule is O=C(Cc1cccc(F)c1)N1CCCC(COc2cccc(C(=O)N3CCCC3)c2)C1. The molecule has 0 aliphatic carbocycles. The zero-order chi connectivity index (χ0) is 21.6. The Kier molecular flexibility index (Phi) is 6.85. The summed E-state index contributed by atoms with van der Waals surface area (Å²) < 4.78 is 19.4. The first kappa shape index (κ1) is 21.3. The fourth-order valence-electron chi connectivity index (χ4n) is 4.40. The molecule has 2 aliphatic heterocycles. The van der Waals surface area contributed by atoms with Gasteiger partial charge in [0.1, 0.15) is 11.6 Å². The molecule has 0 spiro atoms. The summed E-state index contributed by atoms with van der Waals surface area (Å²) in [7, 11) is 0. The van der Waals surface area contributed by atoms with Crippen molar-refractivity contribution in [2.24, 2.45) is 5.92 Å². The Labute approximate surface area is 182 Å². The molecule has 0 N–H and O–H groups in total. The van der Waals surface area contributed by atoms with E-state index in [-0.39, 0.29) is 30.0 Å². The number of piperidine rings is 1. The molecular weight excluding hydrogens is 395 g/mol. The Bertz CT molecular complexity index is 926. The van der Waals surface area contributed by atoms with Crippen LogP contribution in [-0.2, 0) is 11.2 Å². The zero-order valence-electron chi connectivity index (χ0n) is 17.8. The lowest BCUT2D eigenvalue weighted by molar-refractivity contribution is -0.132. The third-order valence-electron chi connectivity index (χ3n) is 6.08. The minimum Gasteiger partial charge on any atom is -0.493 e. The molecule has 2 saturated heterocycles. The van der Waals surface area contributed by atoms with Gasteiger partial charge in [0.15, 0.2) is 0 Å². The van der Waals surface area contributed by atoms with Crippen LogP contribution in [0.25, 0.3) is 0 Å². The second-order valence-electron chi connectivity index (χ2n) is 8.49. The third-order valence-corrected chi connectivity index (χ3v) is 6.08. The van der Waals surface area contributed by atoms with E-state index < -0.39 is 0 Å². The highest BCUT2D eigenvalue weighted by molar-refractivity contribution is 5.94. The van der Waals surface area contributed by atoms with E-state index in [0.717, 1.165) is 45.3 Å². The van der Waals surface area contributed by atoms with Crippen LogP contribution in [0.5, 0.6) is 5.75 Å². The number of rotatable bonds is 6.